The van der Waals surface area contributed by atoms with Crippen LogP contribution < -0.4 is 4.90 Å². The van der Waals surface area contributed by atoms with Crippen molar-refractivity contribution in [3.8, 4) is 0 Å². The third-order valence-corrected chi connectivity index (χ3v) is 5.40. The fourth-order valence-electron chi connectivity index (χ4n) is 2.48. The van der Waals surface area contributed by atoms with Crippen LogP contribution in [0.15, 0.2) is 64.5 Å². The first-order valence-electron chi connectivity index (χ1n) is 8.03. The lowest BCUT2D eigenvalue weighted by molar-refractivity contribution is -0.113. The van der Waals surface area contributed by atoms with Gasteiger partial charge in [0.15, 0.2) is 5.17 Å². The average molecular weight is 396 g/mol. The predicted octanol–water partition coefficient (Wildman–Crippen LogP) is 4.79. The van der Waals surface area contributed by atoms with E-state index in [0.717, 1.165) is 16.3 Å². The van der Waals surface area contributed by atoms with Gasteiger partial charge in [-0.25, -0.2) is 4.39 Å². The Labute approximate surface area is 163 Å². The molecule has 0 unspecified atom stereocenters. The smallest absolute Gasteiger partial charge is 0.268 e. The highest BCUT2D eigenvalue weighted by molar-refractivity contribution is 8.19. The first kappa shape index (κ1) is 17.6. The van der Waals surface area contributed by atoms with Gasteiger partial charge in [-0.05, 0) is 54.6 Å². The highest BCUT2D eigenvalue weighted by Crippen LogP contribution is 2.37. The van der Waals surface area contributed by atoms with E-state index in [1.807, 2.05) is 37.3 Å². The van der Waals surface area contributed by atoms with Gasteiger partial charge in [-0.1, -0.05) is 41.7 Å². The molecule has 2 heterocycles. The van der Waals surface area contributed by atoms with E-state index in [0.29, 0.717) is 15.2 Å². The standard InChI is InChI=1S/C19H13FN4OS2/c1-12-22-23-18(26-12)21-19-24(15-5-3-2-4-6-15)17(25)16(27-19)11-13-7-9-14(20)10-8-13/h2-11H,1H3/b16-11-,21-19+. The third kappa shape index (κ3) is 3.81. The summed E-state index contributed by atoms with van der Waals surface area (Å²) >= 11 is 2.62. The van der Waals surface area contributed by atoms with Crippen molar-refractivity contribution in [2.24, 2.45) is 4.99 Å². The number of aryl methyl sites for hydroxylation is 1. The quantitative estimate of drug-likeness (QED) is 0.597. The van der Waals surface area contributed by atoms with E-state index in [9.17, 15) is 9.18 Å². The van der Waals surface area contributed by atoms with Gasteiger partial charge in [0, 0.05) is 0 Å². The Balaban J connectivity index is 1.75. The van der Waals surface area contributed by atoms with Crippen molar-refractivity contribution in [2.45, 2.75) is 6.92 Å². The number of rotatable bonds is 3. The number of aliphatic imine (C=N–C) groups is 1. The summed E-state index contributed by atoms with van der Waals surface area (Å²) in [5.41, 5.74) is 1.46. The minimum Gasteiger partial charge on any atom is -0.268 e. The van der Waals surface area contributed by atoms with Gasteiger partial charge in [-0.2, -0.15) is 4.99 Å². The predicted molar refractivity (Wildman–Crippen MR) is 108 cm³/mol. The molecule has 4 rings (SSSR count). The van der Waals surface area contributed by atoms with Gasteiger partial charge in [-0.3, -0.25) is 9.69 Å². The van der Waals surface area contributed by atoms with Crippen LogP contribution in [0.4, 0.5) is 15.2 Å². The van der Waals surface area contributed by atoms with E-state index < -0.39 is 0 Å². The molecule has 0 N–H and O–H groups in total. The Bertz CT molecular complexity index is 1050. The molecule has 1 aliphatic heterocycles. The lowest BCUT2D eigenvalue weighted by atomic mass is 10.2. The Morgan fingerprint density at radius 3 is 2.48 bits per heavy atom. The van der Waals surface area contributed by atoms with Crippen molar-refractivity contribution in [2.75, 3.05) is 4.90 Å². The summed E-state index contributed by atoms with van der Waals surface area (Å²) in [5.74, 6) is -0.502. The summed E-state index contributed by atoms with van der Waals surface area (Å²) in [4.78, 5) is 19.6. The van der Waals surface area contributed by atoms with E-state index in [-0.39, 0.29) is 11.7 Å². The van der Waals surface area contributed by atoms with Crippen LogP contribution in [0.5, 0.6) is 0 Å². The molecule has 8 heteroatoms. The Kier molecular flexibility index (Phi) is 4.83. The second-order valence-electron chi connectivity index (χ2n) is 5.64. The number of nitrogens with zero attached hydrogens (tertiary/aromatic N) is 4. The lowest BCUT2D eigenvalue weighted by Gasteiger charge is -2.14. The number of anilines is 1. The number of hydrogen-bond donors (Lipinski definition) is 0. The zero-order valence-electron chi connectivity index (χ0n) is 14.2. The van der Waals surface area contributed by atoms with Gasteiger partial charge in [0.25, 0.3) is 5.91 Å². The number of thioether (sulfide) groups is 1. The normalized spacial score (nSPS) is 17.3. The van der Waals surface area contributed by atoms with Crippen LogP contribution >= 0.6 is 23.1 Å². The molecule has 1 amide bonds. The number of carbonyl (C=O) groups excluding carboxylic acids is 1. The molecule has 134 valence electrons. The summed E-state index contributed by atoms with van der Waals surface area (Å²) < 4.78 is 13.1. The number of benzene rings is 2. The van der Waals surface area contributed by atoms with Gasteiger partial charge in [0.1, 0.15) is 10.8 Å². The summed E-state index contributed by atoms with van der Waals surface area (Å²) in [6.07, 6.45) is 1.73. The fraction of sp³-hybridized carbons (Fsp3) is 0.0526. The van der Waals surface area contributed by atoms with Crippen molar-refractivity contribution in [3.05, 3.63) is 75.9 Å². The fourth-order valence-corrected chi connectivity index (χ4v) is 4.08. The Morgan fingerprint density at radius 1 is 1.07 bits per heavy atom. The van der Waals surface area contributed by atoms with Crippen LogP contribution in [0.3, 0.4) is 0 Å². The summed E-state index contributed by atoms with van der Waals surface area (Å²) in [6.45, 7) is 1.85. The molecular weight excluding hydrogens is 383 g/mol. The third-order valence-electron chi connectivity index (χ3n) is 3.70. The van der Waals surface area contributed by atoms with E-state index in [2.05, 4.69) is 15.2 Å². The molecule has 3 aromatic rings. The second-order valence-corrected chi connectivity index (χ2v) is 7.81. The molecule has 0 spiro atoms. The molecule has 0 aliphatic carbocycles. The van der Waals surface area contributed by atoms with Crippen molar-refractivity contribution < 1.29 is 9.18 Å². The molecule has 1 aromatic heterocycles. The van der Waals surface area contributed by atoms with Crippen LogP contribution in [0.25, 0.3) is 6.08 Å². The van der Waals surface area contributed by atoms with Gasteiger partial charge < -0.3 is 0 Å². The Morgan fingerprint density at radius 2 is 1.81 bits per heavy atom. The number of carbonyl (C=O) groups is 1. The topological polar surface area (TPSA) is 58.5 Å². The molecule has 0 bridgehead atoms. The maximum Gasteiger partial charge on any atom is 0.271 e. The monoisotopic (exact) mass is 396 g/mol. The number of halogens is 1. The van der Waals surface area contributed by atoms with E-state index in [1.54, 1.807) is 23.1 Å². The van der Waals surface area contributed by atoms with Gasteiger partial charge in [-0.15, -0.1) is 10.2 Å². The highest BCUT2D eigenvalue weighted by atomic mass is 32.2. The van der Waals surface area contributed by atoms with Crippen LogP contribution in [0, 0.1) is 12.7 Å². The van der Waals surface area contributed by atoms with Crippen LogP contribution in [-0.4, -0.2) is 21.3 Å². The zero-order valence-corrected chi connectivity index (χ0v) is 15.8. The summed E-state index contributed by atoms with van der Waals surface area (Å²) in [6, 6.07) is 15.3. The number of amidine groups is 1. The molecule has 5 nitrogen and oxygen atoms in total. The molecule has 0 atom stereocenters. The van der Waals surface area contributed by atoms with Crippen molar-refractivity contribution in [1.82, 2.24) is 10.2 Å². The van der Waals surface area contributed by atoms with Gasteiger partial charge >= 0.3 is 0 Å². The summed E-state index contributed by atoms with van der Waals surface area (Å²) in [5, 5.41) is 9.79. The molecule has 27 heavy (non-hydrogen) atoms. The van der Waals surface area contributed by atoms with Crippen molar-refractivity contribution in [1.29, 1.82) is 0 Å². The minimum atomic E-state index is -0.317. The second kappa shape index (κ2) is 7.42. The van der Waals surface area contributed by atoms with E-state index in [1.165, 1.54) is 35.2 Å². The Hall–Kier alpha value is -2.84. The maximum atomic E-state index is 13.1. The molecule has 1 fully saturated rings. The average Bonchev–Trinajstić information content (AvgIpc) is 3.21. The van der Waals surface area contributed by atoms with Crippen LogP contribution in [-0.2, 0) is 4.79 Å². The lowest BCUT2D eigenvalue weighted by Crippen LogP contribution is -2.28. The van der Waals surface area contributed by atoms with Crippen molar-refractivity contribution in [3.63, 3.8) is 0 Å². The van der Waals surface area contributed by atoms with Crippen molar-refractivity contribution >= 4 is 51.1 Å². The number of para-hydroxylation sites is 1. The van der Waals surface area contributed by atoms with Crippen LogP contribution in [0.2, 0.25) is 0 Å². The first-order valence-corrected chi connectivity index (χ1v) is 9.67. The molecule has 0 saturated carbocycles. The van der Waals surface area contributed by atoms with Gasteiger partial charge in [0.05, 0.1) is 10.6 Å². The zero-order chi connectivity index (χ0) is 18.8. The minimum absolute atomic E-state index is 0.185. The highest BCUT2D eigenvalue weighted by Gasteiger charge is 2.35. The number of aromatic nitrogens is 2. The molecular formula is C19H13FN4OS2. The summed E-state index contributed by atoms with van der Waals surface area (Å²) in [7, 11) is 0. The van der Waals surface area contributed by atoms with E-state index in [4.69, 9.17) is 0 Å². The molecule has 2 aromatic carbocycles. The maximum absolute atomic E-state index is 13.1. The molecule has 1 saturated heterocycles. The molecule has 0 radical (unpaired) electrons. The number of amides is 1. The SMILES string of the molecule is Cc1nnc(/N=C2/S/C(=C\c3ccc(F)cc3)C(=O)N2c2ccccc2)s1. The van der Waals surface area contributed by atoms with Gasteiger partial charge in [0.2, 0.25) is 5.13 Å². The van der Waals surface area contributed by atoms with Crippen LogP contribution in [0.1, 0.15) is 10.6 Å². The molecule has 1 aliphatic rings. The van der Waals surface area contributed by atoms with E-state index >= 15 is 0 Å². The number of hydrogen-bond acceptors (Lipinski definition) is 6. The largest absolute Gasteiger partial charge is 0.271 e. The first-order chi connectivity index (χ1) is 13.1.